The third-order valence-corrected chi connectivity index (χ3v) is 5.69. The Balaban J connectivity index is 1.39. The highest BCUT2D eigenvalue weighted by molar-refractivity contribution is 5.84. The van der Waals surface area contributed by atoms with E-state index >= 15 is 0 Å². The van der Waals surface area contributed by atoms with Crippen LogP contribution in [0.2, 0.25) is 0 Å². The van der Waals surface area contributed by atoms with E-state index in [9.17, 15) is 14.7 Å². The van der Waals surface area contributed by atoms with Crippen LogP contribution >= 0.6 is 0 Å². The van der Waals surface area contributed by atoms with Crippen molar-refractivity contribution in [1.29, 1.82) is 5.26 Å². The number of amides is 2. The molecular weight excluding hydrogens is 420 g/mol. The Labute approximate surface area is 194 Å². The van der Waals surface area contributed by atoms with Crippen LogP contribution in [0.1, 0.15) is 25.3 Å². The van der Waals surface area contributed by atoms with Gasteiger partial charge in [0.2, 0.25) is 5.91 Å². The number of nitrogens with zero attached hydrogens (tertiary/aromatic N) is 3. The summed E-state index contributed by atoms with van der Waals surface area (Å²) < 4.78 is 5.88. The molecule has 0 unspecified atom stereocenters. The summed E-state index contributed by atoms with van der Waals surface area (Å²) in [5.74, 6) is 0.600. The van der Waals surface area contributed by atoms with Gasteiger partial charge in [0.15, 0.2) is 0 Å². The molecule has 0 spiro atoms. The van der Waals surface area contributed by atoms with Crippen molar-refractivity contribution in [1.82, 2.24) is 15.1 Å². The maximum absolute atomic E-state index is 12.4. The van der Waals surface area contributed by atoms with E-state index in [2.05, 4.69) is 16.3 Å². The molecule has 8 nitrogen and oxygen atoms in total. The summed E-state index contributed by atoms with van der Waals surface area (Å²) in [5.41, 5.74) is 2.77. The molecular formula is C25H29N4O4-. The van der Waals surface area contributed by atoms with Gasteiger partial charge in [0, 0.05) is 26.2 Å². The van der Waals surface area contributed by atoms with Gasteiger partial charge in [-0.25, -0.2) is 0 Å². The molecule has 1 saturated heterocycles. The fraction of sp³-hybridized carbons (Fsp3) is 0.400. The molecule has 1 aliphatic heterocycles. The number of hydrogen-bond donors (Lipinski definition) is 1. The molecule has 2 amide bonds. The van der Waals surface area contributed by atoms with Crippen LogP contribution in [0.15, 0.2) is 48.5 Å². The molecule has 0 radical (unpaired) electrons. The smallest absolute Gasteiger partial charge is 0.244 e. The molecule has 174 valence electrons. The van der Waals surface area contributed by atoms with Gasteiger partial charge in [-0.05, 0) is 61.7 Å². The van der Waals surface area contributed by atoms with Crippen LogP contribution in [-0.2, 0) is 4.79 Å². The number of carbonyl (C=O) groups is 2. The average Bonchev–Trinajstić information content (AvgIpc) is 3.07. The summed E-state index contributed by atoms with van der Waals surface area (Å²) in [6, 6.07) is 16.7. The number of ether oxygens (including phenoxy) is 1. The van der Waals surface area contributed by atoms with Crippen molar-refractivity contribution in [2.24, 2.45) is 0 Å². The Bertz CT molecular complexity index is 969. The second-order valence-corrected chi connectivity index (χ2v) is 8.09. The predicted molar refractivity (Wildman–Crippen MR) is 122 cm³/mol. The maximum atomic E-state index is 12.4. The van der Waals surface area contributed by atoms with Gasteiger partial charge in [-0.2, -0.15) is 5.26 Å². The van der Waals surface area contributed by atoms with E-state index < -0.39 is 12.1 Å². The van der Waals surface area contributed by atoms with Crippen LogP contribution in [0.4, 0.5) is 4.79 Å². The molecule has 0 aliphatic carbocycles. The van der Waals surface area contributed by atoms with Crippen molar-refractivity contribution in [3.63, 3.8) is 0 Å². The fourth-order valence-corrected chi connectivity index (χ4v) is 3.89. The number of nitriles is 1. The molecule has 0 saturated carbocycles. The zero-order valence-electron chi connectivity index (χ0n) is 18.8. The van der Waals surface area contributed by atoms with Crippen molar-refractivity contribution in [2.75, 3.05) is 39.3 Å². The molecule has 33 heavy (non-hydrogen) atoms. The van der Waals surface area contributed by atoms with Gasteiger partial charge < -0.3 is 29.8 Å². The molecule has 3 rings (SSSR count). The lowest BCUT2D eigenvalue weighted by Crippen LogP contribution is -2.51. The first-order valence-corrected chi connectivity index (χ1v) is 11.2. The van der Waals surface area contributed by atoms with Gasteiger partial charge in [0.1, 0.15) is 17.9 Å². The van der Waals surface area contributed by atoms with Crippen molar-refractivity contribution >= 4 is 12.0 Å². The number of hydrogen-bond acceptors (Lipinski definition) is 6. The SMILES string of the molecule is C[C@H](NC(=O)[O-])C(=O)N1CCCN(CCCOc2ccc(-c3ccc(C#N)cc3)cc2)CC1. The standard InChI is InChI=1S/C25H30N4O4/c1-19(27-25(31)32)24(30)29-14-2-12-28(15-16-29)13-3-17-33-23-10-8-22(9-11-23)21-6-4-20(18-26)5-7-21/h4-11,19,27H,2-3,12-17H2,1H3,(H,31,32)/p-1/t19-/m0/s1. The zero-order valence-corrected chi connectivity index (χ0v) is 18.8. The lowest BCUT2D eigenvalue weighted by Gasteiger charge is -2.25. The number of carboxylic acid groups (broad SMARTS) is 1. The molecule has 1 heterocycles. The van der Waals surface area contributed by atoms with Crippen LogP contribution < -0.4 is 15.2 Å². The van der Waals surface area contributed by atoms with Crippen LogP contribution in [0, 0.1) is 11.3 Å². The van der Waals surface area contributed by atoms with Crippen molar-refractivity contribution in [3.05, 3.63) is 54.1 Å². The summed E-state index contributed by atoms with van der Waals surface area (Å²) in [4.78, 5) is 27.0. The molecule has 2 aromatic carbocycles. The van der Waals surface area contributed by atoms with Gasteiger partial charge in [-0.1, -0.05) is 24.3 Å². The highest BCUT2D eigenvalue weighted by atomic mass is 16.5. The van der Waals surface area contributed by atoms with Crippen molar-refractivity contribution < 1.29 is 19.4 Å². The molecule has 8 heteroatoms. The highest BCUT2D eigenvalue weighted by Crippen LogP contribution is 2.23. The number of nitrogens with one attached hydrogen (secondary N) is 1. The fourth-order valence-electron chi connectivity index (χ4n) is 3.89. The lowest BCUT2D eigenvalue weighted by atomic mass is 10.0. The molecule has 1 aliphatic rings. The minimum atomic E-state index is -1.43. The largest absolute Gasteiger partial charge is 0.530 e. The molecule has 2 aromatic rings. The normalized spacial score (nSPS) is 15.2. The second-order valence-electron chi connectivity index (χ2n) is 8.09. The summed E-state index contributed by atoms with van der Waals surface area (Å²) >= 11 is 0. The van der Waals surface area contributed by atoms with E-state index in [1.54, 1.807) is 4.90 Å². The first kappa shape index (κ1) is 24.1. The molecule has 0 bridgehead atoms. The van der Waals surface area contributed by atoms with E-state index in [4.69, 9.17) is 10.00 Å². The number of rotatable bonds is 8. The van der Waals surface area contributed by atoms with Crippen LogP contribution in [0.25, 0.3) is 11.1 Å². The summed E-state index contributed by atoms with van der Waals surface area (Å²) in [5, 5.41) is 21.7. The maximum Gasteiger partial charge on any atom is 0.244 e. The third-order valence-electron chi connectivity index (χ3n) is 5.69. The Kier molecular flexibility index (Phi) is 8.67. The molecule has 1 N–H and O–H groups in total. The van der Waals surface area contributed by atoms with Gasteiger partial charge >= 0.3 is 0 Å². The Morgan fingerprint density at radius 3 is 2.36 bits per heavy atom. The average molecular weight is 450 g/mol. The monoisotopic (exact) mass is 449 g/mol. The van der Waals surface area contributed by atoms with Crippen molar-refractivity contribution in [3.8, 4) is 22.9 Å². The molecule has 1 fully saturated rings. The topological polar surface area (TPSA) is 109 Å². The van der Waals surface area contributed by atoms with Crippen LogP contribution in [0.3, 0.4) is 0 Å². The Morgan fingerprint density at radius 2 is 1.73 bits per heavy atom. The zero-order chi connectivity index (χ0) is 23.6. The predicted octanol–water partition coefficient (Wildman–Crippen LogP) is 1.85. The second kappa shape index (κ2) is 11.9. The minimum Gasteiger partial charge on any atom is -0.530 e. The Morgan fingerprint density at radius 1 is 1.06 bits per heavy atom. The van der Waals surface area contributed by atoms with E-state index in [-0.39, 0.29) is 5.91 Å². The first-order valence-electron chi connectivity index (χ1n) is 11.2. The van der Waals surface area contributed by atoms with Gasteiger partial charge in [0.25, 0.3) is 0 Å². The van der Waals surface area contributed by atoms with Crippen molar-refractivity contribution in [2.45, 2.75) is 25.8 Å². The number of benzene rings is 2. The Hall–Kier alpha value is -3.57. The van der Waals surface area contributed by atoms with Gasteiger partial charge in [-0.3, -0.25) is 4.79 Å². The quantitative estimate of drug-likeness (QED) is 0.616. The molecule has 1 atom stereocenters. The minimum absolute atomic E-state index is 0.214. The lowest BCUT2D eigenvalue weighted by molar-refractivity contribution is -0.251. The van der Waals surface area contributed by atoms with Gasteiger partial charge in [0.05, 0.1) is 18.2 Å². The summed E-state index contributed by atoms with van der Waals surface area (Å²) in [6.45, 7) is 5.86. The van der Waals surface area contributed by atoms with Gasteiger partial charge in [-0.15, -0.1) is 0 Å². The number of carbonyl (C=O) groups excluding carboxylic acids is 2. The summed E-state index contributed by atoms with van der Waals surface area (Å²) in [7, 11) is 0. The summed E-state index contributed by atoms with van der Waals surface area (Å²) in [6.07, 6.45) is 0.284. The van der Waals surface area contributed by atoms with Crippen LogP contribution in [-0.4, -0.2) is 67.2 Å². The third kappa shape index (κ3) is 7.22. The van der Waals surface area contributed by atoms with Crippen LogP contribution in [0.5, 0.6) is 5.75 Å². The first-order chi connectivity index (χ1) is 16.0. The highest BCUT2D eigenvalue weighted by Gasteiger charge is 2.23. The van der Waals surface area contributed by atoms with E-state index in [0.29, 0.717) is 25.3 Å². The molecule has 0 aromatic heterocycles. The van der Waals surface area contributed by atoms with E-state index in [1.807, 2.05) is 48.5 Å². The van der Waals surface area contributed by atoms with E-state index in [1.165, 1.54) is 6.92 Å². The van der Waals surface area contributed by atoms with E-state index in [0.717, 1.165) is 49.4 Å².